The van der Waals surface area contributed by atoms with Gasteiger partial charge in [0.2, 0.25) is 5.78 Å². The fraction of sp³-hybridized carbons (Fsp3) is 0.0882. The van der Waals surface area contributed by atoms with Crippen molar-refractivity contribution in [1.82, 2.24) is 34.3 Å². The summed E-state index contributed by atoms with van der Waals surface area (Å²) in [5, 5.41) is 4.54. The number of carbonyl (C=O) groups is 1. The molecule has 11 heteroatoms. The summed E-state index contributed by atoms with van der Waals surface area (Å²) in [5.41, 5.74) is 14.4. The summed E-state index contributed by atoms with van der Waals surface area (Å²) in [6, 6.07) is 21.3. The SMILES string of the molecule is COc1ccc(Cn2c(C(=O)c3cnn(-c4ccc5[nH]c(C)nc5c4)c3N)c(I)c(-c3cccnc3)c2-c2cccnc2)cc1. The van der Waals surface area contributed by atoms with E-state index in [2.05, 4.69) is 47.6 Å². The van der Waals surface area contributed by atoms with E-state index in [0.717, 1.165) is 54.1 Å². The Morgan fingerprint density at radius 1 is 0.978 bits per heavy atom. The molecule has 222 valence electrons. The van der Waals surface area contributed by atoms with E-state index in [-0.39, 0.29) is 11.6 Å². The largest absolute Gasteiger partial charge is 0.497 e. The van der Waals surface area contributed by atoms with Crippen LogP contribution in [0, 0.1) is 10.5 Å². The maximum absolute atomic E-state index is 14.7. The first-order valence-electron chi connectivity index (χ1n) is 14.1. The molecule has 7 rings (SSSR count). The molecule has 0 saturated carbocycles. The summed E-state index contributed by atoms with van der Waals surface area (Å²) in [4.78, 5) is 31.2. The highest BCUT2D eigenvalue weighted by atomic mass is 127. The lowest BCUT2D eigenvalue weighted by atomic mass is 10.0. The van der Waals surface area contributed by atoms with Crippen molar-refractivity contribution < 1.29 is 9.53 Å². The Kier molecular flexibility index (Phi) is 7.37. The topological polar surface area (TPSA) is 130 Å². The van der Waals surface area contributed by atoms with Gasteiger partial charge in [0.15, 0.2) is 0 Å². The molecule has 0 unspecified atom stereocenters. The second-order valence-electron chi connectivity index (χ2n) is 10.5. The summed E-state index contributed by atoms with van der Waals surface area (Å²) >= 11 is 2.27. The maximum atomic E-state index is 14.7. The molecule has 3 N–H and O–H groups in total. The number of carbonyl (C=O) groups excluding carboxylic acids is 1. The first-order valence-corrected chi connectivity index (χ1v) is 15.2. The number of hydrogen-bond acceptors (Lipinski definition) is 7. The lowest BCUT2D eigenvalue weighted by Gasteiger charge is -2.15. The number of aromatic nitrogens is 7. The summed E-state index contributed by atoms with van der Waals surface area (Å²) in [7, 11) is 1.64. The smallest absolute Gasteiger partial charge is 0.215 e. The average molecular weight is 707 g/mol. The van der Waals surface area contributed by atoms with E-state index in [4.69, 9.17) is 10.5 Å². The summed E-state index contributed by atoms with van der Waals surface area (Å²) in [5.74, 6) is 1.57. The number of methoxy groups -OCH3 is 1. The van der Waals surface area contributed by atoms with Gasteiger partial charge in [-0.1, -0.05) is 18.2 Å². The Bertz CT molecular complexity index is 2170. The van der Waals surface area contributed by atoms with E-state index in [1.165, 1.54) is 6.20 Å². The van der Waals surface area contributed by atoms with Crippen LogP contribution in [0.1, 0.15) is 27.4 Å². The molecule has 0 aliphatic carbocycles. The van der Waals surface area contributed by atoms with Crippen molar-refractivity contribution in [2.45, 2.75) is 13.5 Å². The summed E-state index contributed by atoms with van der Waals surface area (Å²) < 4.78 is 9.78. The Morgan fingerprint density at radius 3 is 2.40 bits per heavy atom. The number of benzene rings is 2. The van der Waals surface area contributed by atoms with Crippen LogP contribution >= 0.6 is 22.6 Å². The van der Waals surface area contributed by atoms with Crippen LogP contribution in [0.5, 0.6) is 5.75 Å². The van der Waals surface area contributed by atoms with Crippen LogP contribution in [-0.4, -0.2) is 47.2 Å². The molecular weight excluding hydrogens is 679 g/mol. The quantitative estimate of drug-likeness (QED) is 0.137. The molecule has 5 heterocycles. The normalized spacial score (nSPS) is 11.3. The number of ether oxygens (including phenoxy) is 1. The van der Waals surface area contributed by atoms with Crippen LogP contribution in [0.25, 0.3) is 39.1 Å². The summed E-state index contributed by atoms with van der Waals surface area (Å²) in [6.07, 6.45) is 8.62. The zero-order valence-corrected chi connectivity index (χ0v) is 26.6. The minimum absolute atomic E-state index is 0.241. The Balaban J connectivity index is 1.42. The number of nitrogens with zero attached hydrogens (tertiary/aromatic N) is 6. The maximum Gasteiger partial charge on any atom is 0.215 e. The second-order valence-corrected chi connectivity index (χ2v) is 11.6. The van der Waals surface area contributed by atoms with Crippen molar-refractivity contribution >= 4 is 45.2 Å². The van der Waals surface area contributed by atoms with Crippen molar-refractivity contribution in [3.8, 4) is 33.8 Å². The van der Waals surface area contributed by atoms with Gasteiger partial charge in [-0.15, -0.1) is 0 Å². The number of nitrogens with two attached hydrogens (primary N) is 1. The number of aryl methyl sites for hydroxylation is 1. The molecule has 45 heavy (non-hydrogen) atoms. The first kappa shape index (κ1) is 28.5. The molecule has 0 fully saturated rings. The number of rotatable bonds is 8. The van der Waals surface area contributed by atoms with E-state index < -0.39 is 0 Å². The predicted octanol–water partition coefficient (Wildman–Crippen LogP) is 6.46. The lowest BCUT2D eigenvalue weighted by Crippen LogP contribution is -2.15. The molecule has 0 atom stereocenters. The lowest BCUT2D eigenvalue weighted by molar-refractivity contribution is 0.103. The highest BCUT2D eigenvalue weighted by molar-refractivity contribution is 14.1. The molecule has 0 aliphatic heterocycles. The number of ketones is 1. The van der Waals surface area contributed by atoms with Gasteiger partial charge in [0.05, 0.1) is 44.9 Å². The first-order chi connectivity index (χ1) is 21.9. The molecule has 0 saturated heterocycles. The molecule has 0 amide bonds. The number of pyridine rings is 2. The van der Waals surface area contributed by atoms with Gasteiger partial charge in [-0.2, -0.15) is 5.10 Å². The Labute approximate surface area is 272 Å². The zero-order valence-electron chi connectivity index (χ0n) is 24.4. The molecule has 10 nitrogen and oxygen atoms in total. The highest BCUT2D eigenvalue weighted by Crippen LogP contribution is 2.41. The van der Waals surface area contributed by atoms with Crippen LogP contribution in [0.15, 0.2) is 97.7 Å². The molecule has 2 aromatic carbocycles. The van der Waals surface area contributed by atoms with Crippen LogP contribution in [0.2, 0.25) is 0 Å². The number of fused-ring (bicyclic) bond motifs is 1. The van der Waals surface area contributed by atoms with Gasteiger partial charge >= 0.3 is 0 Å². The van der Waals surface area contributed by atoms with Gasteiger partial charge in [-0.05, 0) is 83.6 Å². The molecular formula is C34H27IN8O2. The Morgan fingerprint density at radius 2 is 1.71 bits per heavy atom. The van der Waals surface area contributed by atoms with E-state index in [1.807, 2.05) is 90.6 Å². The van der Waals surface area contributed by atoms with Crippen molar-refractivity contribution in [2.75, 3.05) is 12.8 Å². The van der Waals surface area contributed by atoms with Gasteiger partial charge in [-0.25, -0.2) is 9.67 Å². The predicted molar refractivity (Wildman–Crippen MR) is 182 cm³/mol. The Hall–Kier alpha value is -5.30. The third kappa shape index (κ3) is 5.14. The summed E-state index contributed by atoms with van der Waals surface area (Å²) in [6.45, 7) is 2.32. The number of nitrogen functional groups attached to an aromatic ring is 1. The molecule has 0 radical (unpaired) electrons. The third-order valence-electron chi connectivity index (χ3n) is 7.68. The van der Waals surface area contributed by atoms with Gasteiger partial charge < -0.3 is 20.0 Å². The van der Waals surface area contributed by atoms with Crippen LogP contribution in [0.4, 0.5) is 5.82 Å². The minimum Gasteiger partial charge on any atom is -0.497 e. The van der Waals surface area contributed by atoms with Crippen molar-refractivity contribution in [3.63, 3.8) is 0 Å². The highest BCUT2D eigenvalue weighted by Gasteiger charge is 2.30. The molecule has 0 aliphatic rings. The zero-order chi connectivity index (χ0) is 31.1. The molecule has 7 aromatic rings. The number of nitrogens with one attached hydrogen (secondary N) is 1. The second kappa shape index (κ2) is 11.7. The van der Waals surface area contributed by atoms with E-state index >= 15 is 0 Å². The molecule has 0 bridgehead atoms. The van der Waals surface area contributed by atoms with Gasteiger partial charge in [0.25, 0.3) is 0 Å². The van der Waals surface area contributed by atoms with Crippen molar-refractivity contribution in [2.24, 2.45) is 0 Å². The third-order valence-corrected chi connectivity index (χ3v) is 8.73. The van der Waals surface area contributed by atoms with Crippen LogP contribution in [0.3, 0.4) is 0 Å². The average Bonchev–Trinajstić information content (AvgIpc) is 3.73. The van der Waals surface area contributed by atoms with E-state index in [0.29, 0.717) is 23.5 Å². The van der Waals surface area contributed by atoms with Gasteiger partial charge in [-0.3, -0.25) is 14.8 Å². The fourth-order valence-electron chi connectivity index (χ4n) is 5.58. The van der Waals surface area contributed by atoms with Gasteiger partial charge in [0.1, 0.15) is 23.1 Å². The van der Waals surface area contributed by atoms with E-state index in [9.17, 15) is 4.79 Å². The van der Waals surface area contributed by atoms with Crippen LogP contribution < -0.4 is 10.5 Å². The number of anilines is 1. The van der Waals surface area contributed by atoms with Crippen LogP contribution in [-0.2, 0) is 6.54 Å². The van der Waals surface area contributed by atoms with Crippen molar-refractivity contribution in [1.29, 1.82) is 0 Å². The van der Waals surface area contributed by atoms with E-state index in [1.54, 1.807) is 24.2 Å². The molecule has 0 spiro atoms. The standard InChI is InChI=1S/C34H27IN8O2/c1-20-40-27-12-9-24(15-28(27)41-20)43-34(36)26(18-39-43)33(44)32-30(35)29(22-5-3-13-37-16-22)31(23-6-4-14-38-17-23)42(32)19-21-7-10-25(45-2)11-8-21/h3-18H,19,36H2,1-2H3,(H,40,41). The number of hydrogen-bond donors (Lipinski definition) is 2. The molecule has 5 aromatic heterocycles. The van der Waals surface area contributed by atoms with Crippen molar-refractivity contribution in [3.05, 3.63) is 124 Å². The monoisotopic (exact) mass is 706 g/mol. The fourth-order valence-corrected chi connectivity index (χ4v) is 6.68. The number of H-pyrrole nitrogens is 1. The number of halogens is 1. The number of aromatic amines is 1. The van der Waals surface area contributed by atoms with Gasteiger partial charge in [0, 0.05) is 48.0 Å². The number of imidazole rings is 1. The minimum atomic E-state index is -0.242.